The van der Waals surface area contributed by atoms with Crippen molar-refractivity contribution in [2.75, 3.05) is 47.5 Å². The maximum Gasteiger partial charge on any atom is 0.306 e. The summed E-state index contributed by atoms with van der Waals surface area (Å²) in [6.07, 6.45) is 79.6. The zero-order valence-corrected chi connectivity index (χ0v) is 50.0. The third-order valence-electron chi connectivity index (χ3n) is 12.5. The molecule has 0 saturated heterocycles. The van der Waals surface area contributed by atoms with Crippen LogP contribution in [-0.4, -0.2) is 70.0 Å². The molecule has 0 radical (unpaired) electrons. The number of likely N-dealkylation sites (N-methyl/N-ethyl adjacent to an activating group) is 1. The molecule has 0 bridgehead atoms. The van der Waals surface area contributed by atoms with Gasteiger partial charge in [-0.1, -0.05) is 251 Å². The van der Waals surface area contributed by atoms with Crippen LogP contribution < -0.4 is 4.89 Å². The molecule has 0 amide bonds. The van der Waals surface area contributed by atoms with Gasteiger partial charge in [-0.3, -0.25) is 14.2 Å². The van der Waals surface area contributed by atoms with Gasteiger partial charge in [-0.15, -0.1) is 0 Å². The van der Waals surface area contributed by atoms with Crippen molar-refractivity contribution < 1.29 is 42.1 Å². The first kappa shape index (κ1) is 72.4. The van der Waals surface area contributed by atoms with Crippen LogP contribution in [0.1, 0.15) is 232 Å². The molecular weight excluding hydrogens is 966 g/mol. The number of esters is 2. The Kier molecular flexibility index (Phi) is 53.5. The molecule has 0 heterocycles. The fourth-order valence-corrected chi connectivity index (χ4v) is 8.59. The molecule has 0 aromatic rings. The summed E-state index contributed by atoms with van der Waals surface area (Å²) in [6, 6.07) is 0. The van der Waals surface area contributed by atoms with Crippen LogP contribution in [0.2, 0.25) is 0 Å². The minimum Gasteiger partial charge on any atom is -0.756 e. The highest BCUT2D eigenvalue weighted by molar-refractivity contribution is 7.45. The number of rotatable bonds is 54. The van der Waals surface area contributed by atoms with Crippen LogP contribution in [0.5, 0.6) is 0 Å². The van der Waals surface area contributed by atoms with Crippen molar-refractivity contribution >= 4 is 19.8 Å². The predicted molar refractivity (Wildman–Crippen MR) is 323 cm³/mol. The number of carbonyl (C=O) groups excluding carboxylic acids is 2. The fourth-order valence-electron chi connectivity index (χ4n) is 7.86. The summed E-state index contributed by atoms with van der Waals surface area (Å²) in [4.78, 5) is 37.8. The van der Waals surface area contributed by atoms with Gasteiger partial charge in [0.15, 0.2) is 6.10 Å². The number of ether oxygens (including phenoxy) is 2. The molecule has 2 unspecified atom stereocenters. The fraction of sp³-hybridized carbons (Fsp3) is 0.667. The average Bonchev–Trinajstić information content (AvgIpc) is 3.38. The molecule has 0 aromatic heterocycles. The molecule has 0 aliphatic carbocycles. The summed E-state index contributed by atoms with van der Waals surface area (Å²) in [7, 11) is 1.14. The van der Waals surface area contributed by atoms with E-state index >= 15 is 0 Å². The van der Waals surface area contributed by atoms with E-state index in [0.717, 1.165) is 122 Å². The molecular formula is C66H112NO8P. The van der Waals surface area contributed by atoms with E-state index in [1.54, 1.807) is 0 Å². The largest absolute Gasteiger partial charge is 0.756 e. The van der Waals surface area contributed by atoms with Crippen LogP contribution in [0, 0.1) is 0 Å². The Bertz CT molecular complexity index is 1700. The molecule has 0 aliphatic heterocycles. The average molecular weight is 1080 g/mol. The van der Waals surface area contributed by atoms with E-state index in [-0.39, 0.29) is 32.0 Å². The van der Waals surface area contributed by atoms with Gasteiger partial charge in [0.05, 0.1) is 27.7 Å². The number of hydrogen-bond donors (Lipinski definition) is 0. The number of hydrogen-bond acceptors (Lipinski definition) is 8. The highest BCUT2D eigenvalue weighted by atomic mass is 31.2. The smallest absolute Gasteiger partial charge is 0.306 e. The van der Waals surface area contributed by atoms with Crippen molar-refractivity contribution in [2.24, 2.45) is 0 Å². The zero-order valence-electron chi connectivity index (χ0n) is 49.2. The molecule has 0 saturated carbocycles. The van der Waals surface area contributed by atoms with Crippen LogP contribution in [0.15, 0.2) is 122 Å². The Balaban J connectivity index is 4.17. The van der Waals surface area contributed by atoms with Crippen molar-refractivity contribution in [2.45, 2.75) is 238 Å². The lowest BCUT2D eigenvalue weighted by atomic mass is 10.0. The van der Waals surface area contributed by atoms with E-state index in [4.69, 9.17) is 18.5 Å². The molecule has 0 aromatic carbocycles. The Labute approximate surface area is 467 Å². The molecule has 0 spiro atoms. The molecule has 434 valence electrons. The second kappa shape index (κ2) is 56.1. The first-order valence-electron chi connectivity index (χ1n) is 30.2. The number of carbonyl (C=O) groups is 2. The van der Waals surface area contributed by atoms with Crippen LogP contribution in [0.25, 0.3) is 0 Å². The van der Waals surface area contributed by atoms with Gasteiger partial charge in [0.2, 0.25) is 0 Å². The summed E-state index contributed by atoms with van der Waals surface area (Å²) in [6.45, 7) is 4.10. The van der Waals surface area contributed by atoms with E-state index in [2.05, 4.69) is 135 Å². The Morgan fingerprint density at radius 1 is 0.421 bits per heavy atom. The quantitative estimate of drug-likeness (QED) is 0.0195. The third-order valence-corrected chi connectivity index (χ3v) is 13.5. The Morgan fingerprint density at radius 3 is 1.12 bits per heavy atom. The number of unbranched alkanes of at least 4 members (excludes halogenated alkanes) is 20. The van der Waals surface area contributed by atoms with Crippen LogP contribution >= 0.6 is 7.82 Å². The second-order valence-electron chi connectivity index (χ2n) is 21.0. The minimum atomic E-state index is -4.64. The summed E-state index contributed by atoms with van der Waals surface area (Å²) >= 11 is 0. The van der Waals surface area contributed by atoms with Crippen molar-refractivity contribution in [1.82, 2.24) is 0 Å². The van der Waals surface area contributed by atoms with E-state index in [0.29, 0.717) is 17.4 Å². The van der Waals surface area contributed by atoms with Gasteiger partial charge in [0.25, 0.3) is 7.82 Å². The minimum absolute atomic E-state index is 0.0386. The first-order chi connectivity index (χ1) is 37.0. The number of nitrogens with zero attached hydrogens (tertiary/aromatic N) is 1. The first-order valence-corrected chi connectivity index (χ1v) is 31.7. The van der Waals surface area contributed by atoms with Crippen LogP contribution in [0.4, 0.5) is 0 Å². The molecule has 2 atom stereocenters. The molecule has 0 aliphatic rings. The zero-order chi connectivity index (χ0) is 55.6. The number of phosphoric acid groups is 1. The lowest BCUT2D eigenvalue weighted by molar-refractivity contribution is -0.870. The standard InChI is InChI=1S/C66H112NO8P/c1-6-8-10-12-14-16-18-20-22-23-24-25-26-27-28-29-30-31-32-33-34-35-36-37-38-39-40-41-42-43-45-47-49-51-53-55-57-59-66(69)75-64(63-74-76(70,71)73-61-60-67(3,4)5)62-72-65(68)58-56-54-52-50-48-46-44-21-19-17-15-13-11-9-7-2/h8,10,14,16,20,22,24-25,27-28,30-31,33-34,36-37,39-40,42-43,64H,6-7,9,11-13,15,17-19,21,23,26,29,32,35,38,41,44-63H2,1-5H3/b10-8-,16-14-,22-20-,25-24-,28-27-,31-30-,34-33-,37-36-,40-39-,43-42-. The van der Waals surface area contributed by atoms with E-state index in [9.17, 15) is 19.0 Å². The summed E-state index contributed by atoms with van der Waals surface area (Å²) in [5, 5.41) is 0. The highest BCUT2D eigenvalue weighted by Crippen LogP contribution is 2.38. The number of quaternary nitrogens is 1. The molecule has 0 fully saturated rings. The molecule has 76 heavy (non-hydrogen) atoms. The normalized spacial score (nSPS) is 14.1. The van der Waals surface area contributed by atoms with Gasteiger partial charge in [-0.2, -0.15) is 0 Å². The Hall–Kier alpha value is -3.59. The van der Waals surface area contributed by atoms with Gasteiger partial charge in [0, 0.05) is 12.8 Å². The second-order valence-corrected chi connectivity index (χ2v) is 22.4. The maximum absolute atomic E-state index is 12.8. The molecule has 0 N–H and O–H groups in total. The topological polar surface area (TPSA) is 111 Å². The van der Waals surface area contributed by atoms with Gasteiger partial charge in [-0.25, -0.2) is 0 Å². The van der Waals surface area contributed by atoms with E-state index in [1.807, 2.05) is 21.1 Å². The number of phosphoric ester groups is 1. The van der Waals surface area contributed by atoms with Gasteiger partial charge >= 0.3 is 11.9 Å². The molecule has 10 heteroatoms. The van der Waals surface area contributed by atoms with E-state index < -0.39 is 26.5 Å². The van der Waals surface area contributed by atoms with Gasteiger partial charge in [-0.05, 0) is 89.9 Å². The summed E-state index contributed by atoms with van der Waals surface area (Å²) in [5.74, 6) is -0.853. The highest BCUT2D eigenvalue weighted by Gasteiger charge is 2.22. The van der Waals surface area contributed by atoms with Crippen LogP contribution in [0.3, 0.4) is 0 Å². The van der Waals surface area contributed by atoms with Crippen molar-refractivity contribution in [3.05, 3.63) is 122 Å². The van der Waals surface area contributed by atoms with Crippen molar-refractivity contribution in [3.63, 3.8) is 0 Å². The lowest BCUT2D eigenvalue weighted by Gasteiger charge is -2.28. The lowest BCUT2D eigenvalue weighted by Crippen LogP contribution is -2.37. The molecule has 9 nitrogen and oxygen atoms in total. The number of allylic oxidation sites excluding steroid dienone is 20. The van der Waals surface area contributed by atoms with Gasteiger partial charge in [0.1, 0.15) is 19.8 Å². The Morgan fingerprint density at radius 2 is 0.750 bits per heavy atom. The summed E-state index contributed by atoms with van der Waals surface area (Å²) in [5.41, 5.74) is 0. The van der Waals surface area contributed by atoms with Crippen molar-refractivity contribution in [3.8, 4) is 0 Å². The maximum atomic E-state index is 12.8. The van der Waals surface area contributed by atoms with Crippen molar-refractivity contribution in [1.29, 1.82) is 0 Å². The predicted octanol–water partition coefficient (Wildman–Crippen LogP) is 18.5. The van der Waals surface area contributed by atoms with Crippen LogP contribution in [-0.2, 0) is 32.7 Å². The SMILES string of the molecule is CC/C=C\C/C=C\C/C=C\C/C=C\C/C=C\C/C=C\C/C=C\C/C=C\C/C=C\C/C=C\CCCCCCCCC(=O)OC(COC(=O)CCCCCCCCCCCCCCCCC)COP(=O)([O-])OCC[N+](C)(C)C. The molecule has 0 rings (SSSR count). The van der Waals surface area contributed by atoms with Gasteiger partial charge < -0.3 is 27.9 Å². The summed E-state index contributed by atoms with van der Waals surface area (Å²) < 4.78 is 34.1. The third kappa shape index (κ3) is 59.7. The monoisotopic (exact) mass is 1080 g/mol. The van der Waals surface area contributed by atoms with E-state index in [1.165, 1.54) is 77.0 Å².